The topological polar surface area (TPSA) is 113 Å². The summed E-state index contributed by atoms with van der Waals surface area (Å²) >= 11 is 0. The van der Waals surface area contributed by atoms with Crippen LogP contribution in [0.2, 0.25) is 0 Å². The molecule has 1 rings (SSSR count). The molecule has 5 N–H and O–H groups in total. The van der Waals surface area contributed by atoms with E-state index in [0.717, 1.165) is 0 Å². The molecule has 0 aliphatic heterocycles. The van der Waals surface area contributed by atoms with Gasteiger partial charge in [-0.1, -0.05) is 13.8 Å². The second-order valence-electron chi connectivity index (χ2n) is 4.76. The molecule has 0 aliphatic rings. The van der Waals surface area contributed by atoms with E-state index < -0.39 is 12.0 Å². The third-order valence-electron chi connectivity index (χ3n) is 2.56. The van der Waals surface area contributed by atoms with E-state index in [9.17, 15) is 14.7 Å². The number of carboxylic acid groups (broad SMARTS) is 1. The quantitative estimate of drug-likeness (QED) is 0.620. The number of rotatable bonds is 5. The summed E-state index contributed by atoms with van der Waals surface area (Å²) in [5, 5.41) is 20.7. The summed E-state index contributed by atoms with van der Waals surface area (Å²) in [6.45, 7) is 3.91. The zero-order chi connectivity index (χ0) is 14.6. The van der Waals surface area contributed by atoms with Crippen molar-refractivity contribution >= 4 is 30.0 Å². The molecule has 0 aliphatic carbocycles. The SMILES string of the molecule is CC(C)CC(N)C(=O)Nc1ccc(O)c(C(=O)O)c1.Cl. The molecule has 112 valence electrons. The van der Waals surface area contributed by atoms with Crippen LogP contribution in [0.5, 0.6) is 5.75 Å². The lowest BCUT2D eigenvalue weighted by molar-refractivity contribution is -0.117. The first kappa shape index (κ1) is 18.2. The lowest BCUT2D eigenvalue weighted by Crippen LogP contribution is -2.36. The number of hydrogen-bond donors (Lipinski definition) is 4. The maximum absolute atomic E-state index is 11.8. The minimum atomic E-state index is -1.26. The van der Waals surface area contributed by atoms with Crippen molar-refractivity contribution in [1.29, 1.82) is 0 Å². The predicted molar refractivity (Wildman–Crippen MR) is 78.4 cm³/mol. The average molecular weight is 303 g/mol. The lowest BCUT2D eigenvalue weighted by Gasteiger charge is -2.14. The molecule has 0 heterocycles. The molecule has 0 aromatic heterocycles. The number of benzene rings is 1. The van der Waals surface area contributed by atoms with Crippen molar-refractivity contribution in [2.24, 2.45) is 11.7 Å². The summed E-state index contributed by atoms with van der Waals surface area (Å²) in [7, 11) is 0. The predicted octanol–water partition coefficient (Wildman–Crippen LogP) is 1.82. The van der Waals surface area contributed by atoms with Gasteiger partial charge in [0.05, 0.1) is 6.04 Å². The van der Waals surface area contributed by atoms with Crippen LogP contribution in [0, 0.1) is 5.92 Å². The van der Waals surface area contributed by atoms with Gasteiger partial charge in [0.1, 0.15) is 11.3 Å². The van der Waals surface area contributed by atoms with Gasteiger partial charge in [-0.2, -0.15) is 0 Å². The normalized spacial score (nSPS) is 11.6. The first-order valence-corrected chi connectivity index (χ1v) is 5.94. The summed E-state index contributed by atoms with van der Waals surface area (Å²) in [4.78, 5) is 22.6. The van der Waals surface area contributed by atoms with Gasteiger partial charge in [-0.15, -0.1) is 12.4 Å². The molecule has 0 bridgehead atoms. The maximum atomic E-state index is 11.8. The Balaban J connectivity index is 0.00000361. The van der Waals surface area contributed by atoms with Gasteiger partial charge in [-0.25, -0.2) is 4.79 Å². The number of anilines is 1. The number of nitrogens with one attached hydrogen (secondary N) is 1. The average Bonchev–Trinajstić information content (AvgIpc) is 2.30. The number of halogens is 1. The molecular formula is C13H19ClN2O4. The van der Waals surface area contributed by atoms with Gasteiger partial charge in [0, 0.05) is 5.69 Å². The fraction of sp³-hybridized carbons (Fsp3) is 0.385. The van der Waals surface area contributed by atoms with Gasteiger partial charge in [-0.05, 0) is 30.5 Å². The fourth-order valence-corrected chi connectivity index (χ4v) is 1.63. The maximum Gasteiger partial charge on any atom is 0.339 e. The van der Waals surface area contributed by atoms with E-state index in [1.807, 2.05) is 13.8 Å². The summed E-state index contributed by atoms with van der Waals surface area (Å²) in [6, 6.07) is 3.18. The first-order chi connectivity index (χ1) is 8.81. The molecule has 6 nitrogen and oxygen atoms in total. The van der Waals surface area contributed by atoms with E-state index in [0.29, 0.717) is 12.1 Å². The van der Waals surface area contributed by atoms with Crippen molar-refractivity contribution in [3.8, 4) is 5.75 Å². The van der Waals surface area contributed by atoms with Crippen LogP contribution in [0.1, 0.15) is 30.6 Å². The van der Waals surface area contributed by atoms with E-state index in [2.05, 4.69) is 5.32 Å². The number of amides is 1. The number of aromatic carboxylic acids is 1. The number of aromatic hydroxyl groups is 1. The molecule has 0 saturated carbocycles. The Morgan fingerprint density at radius 3 is 2.45 bits per heavy atom. The van der Waals surface area contributed by atoms with Gasteiger partial charge in [-0.3, -0.25) is 4.79 Å². The highest BCUT2D eigenvalue weighted by Crippen LogP contribution is 2.21. The molecule has 20 heavy (non-hydrogen) atoms. The standard InChI is InChI=1S/C13H18N2O4.ClH/c1-7(2)5-10(14)12(17)15-8-3-4-11(16)9(6-8)13(18)19;/h3-4,6-7,10,16H,5,14H2,1-2H3,(H,15,17)(H,18,19);1H. The molecule has 0 fully saturated rings. The molecule has 1 amide bonds. The minimum absolute atomic E-state index is 0. The number of carboxylic acids is 1. The Kier molecular flexibility index (Phi) is 7.02. The zero-order valence-corrected chi connectivity index (χ0v) is 12.1. The van der Waals surface area contributed by atoms with E-state index in [1.165, 1.54) is 18.2 Å². The second kappa shape index (κ2) is 7.72. The Morgan fingerprint density at radius 1 is 1.35 bits per heavy atom. The van der Waals surface area contributed by atoms with Gasteiger partial charge in [0.25, 0.3) is 0 Å². The van der Waals surface area contributed by atoms with Gasteiger partial charge in [0.2, 0.25) is 5.91 Å². The lowest BCUT2D eigenvalue weighted by atomic mass is 10.0. The molecule has 0 saturated heterocycles. The second-order valence-corrected chi connectivity index (χ2v) is 4.76. The minimum Gasteiger partial charge on any atom is -0.507 e. The first-order valence-electron chi connectivity index (χ1n) is 5.94. The molecule has 7 heteroatoms. The summed E-state index contributed by atoms with van der Waals surface area (Å²) in [6.07, 6.45) is 0.537. The molecule has 0 spiro atoms. The molecule has 1 unspecified atom stereocenters. The number of hydrogen-bond acceptors (Lipinski definition) is 4. The van der Waals surface area contributed by atoms with Crippen molar-refractivity contribution in [2.75, 3.05) is 5.32 Å². The molecule has 1 aromatic rings. The number of carbonyl (C=O) groups is 2. The highest BCUT2D eigenvalue weighted by Gasteiger charge is 2.16. The van der Waals surface area contributed by atoms with Crippen LogP contribution in [0.3, 0.4) is 0 Å². The van der Waals surface area contributed by atoms with E-state index in [-0.39, 0.29) is 35.5 Å². The molecular weight excluding hydrogens is 284 g/mol. The molecule has 0 radical (unpaired) electrons. The van der Waals surface area contributed by atoms with Gasteiger partial charge >= 0.3 is 5.97 Å². The fourth-order valence-electron chi connectivity index (χ4n) is 1.63. The van der Waals surface area contributed by atoms with Gasteiger partial charge in [0.15, 0.2) is 0 Å². The summed E-state index contributed by atoms with van der Waals surface area (Å²) in [5.74, 6) is -1.71. The van der Waals surface area contributed by atoms with Crippen LogP contribution in [0.4, 0.5) is 5.69 Å². The number of nitrogens with two attached hydrogens (primary N) is 1. The monoisotopic (exact) mass is 302 g/mol. The van der Waals surface area contributed by atoms with Gasteiger partial charge < -0.3 is 21.3 Å². The van der Waals surface area contributed by atoms with Crippen molar-refractivity contribution in [1.82, 2.24) is 0 Å². The van der Waals surface area contributed by atoms with Crippen LogP contribution >= 0.6 is 12.4 Å². The van der Waals surface area contributed by atoms with E-state index in [4.69, 9.17) is 10.8 Å². The van der Waals surface area contributed by atoms with Crippen molar-refractivity contribution < 1.29 is 19.8 Å². The Bertz CT molecular complexity index is 491. The van der Waals surface area contributed by atoms with Crippen LogP contribution in [0.15, 0.2) is 18.2 Å². The number of phenols is 1. The van der Waals surface area contributed by atoms with E-state index >= 15 is 0 Å². The van der Waals surface area contributed by atoms with Crippen LogP contribution in [0.25, 0.3) is 0 Å². The zero-order valence-electron chi connectivity index (χ0n) is 11.3. The third-order valence-corrected chi connectivity index (χ3v) is 2.56. The third kappa shape index (κ3) is 5.07. The Hall–Kier alpha value is -1.79. The highest BCUT2D eigenvalue weighted by molar-refractivity contribution is 5.97. The summed E-state index contributed by atoms with van der Waals surface area (Å²) in [5.41, 5.74) is 5.74. The Labute approximate surface area is 123 Å². The molecule has 1 aromatic carbocycles. The Morgan fingerprint density at radius 2 is 1.95 bits per heavy atom. The van der Waals surface area contributed by atoms with Crippen molar-refractivity contribution in [3.05, 3.63) is 23.8 Å². The summed E-state index contributed by atoms with van der Waals surface area (Å²) < 4.78 is 0. The molecule has 1 atom stereocenters. The number of carbonyl (C=O) groups excluding carboxylic acids is 1. The van der Waals surface area contributed by atoms with E-state index in [1.54, 1.807) is 0 Å². The van der Waals surface area contributed by atoms with Crippen molar-refractivity contribution in [3.63, 3.8) is 0 Å². The largest absolute Gasteiger partial charge is 0.507 e. The van der Waals surface area contributed by atoms with Crippen LogP contribution < -0.4 is 11.1 Å². The highest BCUT2D eigenvalue weighted by atomic mass is 35.5. The van der Waals surface area contributed by atoms with Crippen LogP contribution in [-0.2, 0) is 4.79 Å². The smallest absolute Gasteiger partial charge is 0.339 e. The van der Waals surface area contributed by atoms with Crippen molar-refractivity contribution in [2.45, 2.75) is 26.3 Å². The van der Waals surface area contributed by atoms with Crippen LogP contribution in [-0.4, -0.2) is 28.1 Å².